The molecule has 0 fully saturated rings. The second-order valence-corrected chi connectivity index (χ2v) is 12.4. The summed E-state index contributed by atoms with van der Waals surface area (Å²) in [6.45, 7) is 10.9. The van der Waals surface area contributed by atoms with Crippen LogP contribution in [0.25, 0.3) is 0 Å². The van der Waals surface area contributed by atoms with Crippen molar-refractivity contribution in [3.8, 4) is 5.75 Å². The monoisotopic (exact) mass is 699 g/mol. The summed E-state index contributed by atoms with van der Waals surface area (Å²) < 4.78 is 43.3. The summed E-state index contributed by atoms with van der Waals surface area (Å²) >= 11 is 6.41. The number of benzene rings is 2. The molecule has 262 valence electrons. The molecule has 0 saturated heterocycles. The molecule has 3 rings (SSSR count). The maximum Gasteiger partial charge on any atom is 0.405 e. The molecule has 0 atom stereocenters. The van der Waals surface area contributed by atoms with Crippen LogP contribution >= 0.6 is 11.6 Å². The summed E-state index contributed by atoms with van der Waals surface area (Å²) in [7, 11) is 0. The summed E-state index contributed by atoms with van der Waals surface area (Å²) in [6, 6.07) is 15.5. The van der Waals surface area contributed by atoms with Crippen molar-refractivity contribution in [2.75, 3.05) is 32.8 Å². The van der Waals surface area contributed by atoms with Gasteiger partial charge in [-0.05, 0) is 91.3 Å². The molecule has 0 radical (unpaired) electrons. The normalized spacial score (nSPS) is 11.8. The standard InChI is InChI=1S/C35H41ClF3N7O3/c1-34(2,22-44-32(48)27-8-10-28(40-3)11-9-27)24-46(31(47)13-7-25-14-16-42-17-15-25)18-5-19-49-30-12-6-26(20-29(30)36)21-43-33(41-4)45-23-35(37,38)39/h6,8-12,14-17,20H,3-5,7,13,18-19,21-24H2,1-2H3,(H,43,45)(H,44,48). The van der Waals surface area contributed by atoms with E-state index in [0.29, 0.717) is 66.5 Å². The Morgan fingerprint density at radius 3 is 2.33 bits per heavy atom. The van der Waals surface area contributed by atoms with E-state index in [9.17, 15) is 22.8 Å². The van der Waals surface area contributed by atoms with Crippen LogP contribution in [-0.2, 0) is 17.8 Å². The first-order valence-electron chi connectivity index (χ1n) is 15.5. The number of nitrogens with one attached hydrogen (secondary N) is 2. The molecule has 1 aromatic heterocycles. The summed E-state index contributed by atoms with van der Waals surface area (Å²) in [5, 5.41) is 5.38. The van der Waals surface area contributed by atoms with Gasteiger partial charge in [-0.1, -0.05) is 31.5 Å². The van der Waals surface area contributed by atoms with Gasteiger partial charge in [-0.2, -0.15) is 13.2 Å². The first-order chi connectivity index (χ1) is 23.3. The van der Waals surface area contributed by atoms with Gasteiger partial charge in [-0.3, -0.25) is 19.6 Å². The second-order valence-electron chi connectivity index (χ2n) is 12.0. The van der Waals surface area contributed by atoms with Crippen molar-refractivity contribution >= 4 is 48.5 Å². The number of amides is 2. The number of hydrogen-bond donors (Lipinski definition) is 2. The molecule has 49 heavy (non-hydrogen) atoms. The van der Waals surface area contributed by atoms with Gasteiger partial charge in [0.25, 0.3) is 5.91 Å². The van der Waals surface area contributed by atoms with Crippen LogP contribution in [0, 0.1) is 5.41 Å². The van der Waals surface area contributed by atoms with Crippen LogP contribution in [0.4, 0.5) is 18.9 Å². The Bertz CT molecular complexity index is 1580. The van der Waals surface area contributed by atoms with Crippen LogP contribution in [0.1, 0.15) is 48.2 Å². The van der Waals surface area contributed by atoms with Gasteiger partial charge in [-0.25, -0.2) is 9.98 Å². The molecule has 0 aliphatic carbocycles. The van der Waals surface area contributed by atoms with Gasteiger partial charge < -0.3 is 20.3 Å². The maximum atomic E-state index is 13.5. The average Bonchev–Trinajstić information content (AvgIpc) is 3.08. The van der Waals surface area contributed by atoms with Crippen molar-refractivity contribution in [3.05, 3.63) is 88.7 Å². The van der Waals surface area contributed by atoms with E-state index >= 15 is 0 Å². The summed E-state index contributed by atoms with van der Waals surface area (Å²) in [5.41, 5.74) is 2.37. The van der Waals surface area contributed by atoms with Crippen LogP contribution < -0.4 is 15.4 Å². The fraction of sp³-hybridized carbons (Fsp3) is 0.371. The Labute approximate surface area is 289 Å². The number of guanidine groups is 1. The third-order valence-corrected chi connectivity index (χ3v) is 7.52. The van der Waals surface area contributed by atoms with Crippen LogP contribution in [0.3, 0.4) is 0 Å². The van der Waals surface area contributed by atoms with E-state index in [1.165, 1.54) is 0 Å². The molecule has 2 N–H and O–H groups in total. The van der Waals surface area contributed by atoms with Crippen LogP contribution in [0.2, 0.25) is 5.02 Å². The largest absolute Gasteiger partial charge is 0.492 e. The minimum Gasteiger partial charge on any atom is -0.492 e. The SMILES string of the molecule is C=NC(=NCc1ccc(OCCCN(CC(C)(C)CNC(=O)c2ccc(N=C)cc2)C(=O)CCc2ccncc2)c(Cl)c1)NCC(F)(F)F. The number of aryl methyl sites for hydroxylation is 1. The zero-order valence-corrected chi connectivity index (χ0v) is 28.4. The van der Waals surface area contributed by atoms with Crippen molar-refractivity contribution in [1.29, 1.82) is 0 Å². The highest BCUT2D eigenvalue weighted by molar-refractivity contribution is 6.32. The summed E-state index contributed by atoms with van der Waals surface area (Å²) in [5.74, 6) is -0.0549. The smallest absolute Gasteiger partial charge is 0.405 e. The van der Waals surface area contributed by atoms with E-state index in [-0.39, 0.29) is 30.9 Å². The number of alkyl halides is 3. The number of pyridine rings is 1. The fourth-order valence-electron chi connectivity index (χ4n) is 4.67. The molecule has 10 nitrogen and oxygen atoms in total. The fourth-order valence-corrected chi connectivity index (χ4v) is 4.93. The highest BCUT2D eigenvalue weighted by atomic mass is 35.5. The number of carbonyl (C=O) groups excluding carboxylic acids is 2. The molecular formula is C35H41ClF3N7O3. The number of rotatable bonds is 17. The number of aliphatic imine (C=N–C) groups is 3. The Morgan fingerprint density at radius 2 is 1.69 bits per heavy atom. The Hall–Kier alpha value is -4.78. The lowest BCUT2D eigenvalue weighted by atomic mass is 9.92. The predicted octanol–water partition coefficient (Wildman–Crippen LogP) is 6.46. The van der Waals surface area contributed by atoms with Crippen molar-refractivity contribution < 1.29 is 27.5 Å². The zero-order valence-electron chi connectivity index (χ0n) is 27.6. The van der Waals surface area contributed by atoms with Gasteiger partial charge in [0.15, 0.2) is 0 Å². The van der Waals surface area contributed by atoms with Gasteiger partial charge in [0, 0.05) is 44.0 Å². The molecule has 0 saturated carbocycles. The molecule has 1 heterocycles. The molecule has 0 bridgehead atoms. The molecule has 3 aromatic rings. The molecule has 2 aromatic carbocycles. The number of nitrogens with zero attached hydrogens (tertiary/aromatic N) is 5. The predicted molar refractivity (Wildman–Crippen MR) is 187 cm³/mol. The van der Waals surface area contributed by atoms with E-state index in [0.717, 1.165) is 5.56 Å². The van der Waals surface area contributed by atoms with Gasteiger partial charge in [0.2, 0.25) is 11.9 Å². The molecule has 0 unspecified atom stereocenters. The van der Waals surface area contributed by atoms with Crippen molar-refractivity contribution in [1.82, 2.24) is 20.5 Å². The lowest BCUT2D eigenvalue weighted by Crippen LogP contribution is -2.45. The number of carbonyl (C=O) groups is 2. The quantitative estimate of drug-likeness (QED) is 0.0952. The molecule has 0 aliphatic rings. The van der Waals surface area contributed by atoms with Crippen molar-refractivity contribution in [2.24, 2.45) is 20.4 Å². The maximum absolute atomic E-state index is 13.5. The molecule has 0 spiro atoms. The van der Waals surface area contributed by atoms with Gasteiger partial charge >= 0.3 is 6.18 Å². The lowest BCUT2D eigenvalue weighted by Gasteiger charge is -2.33. The second kappa shape index (κ2) is 18.7. The third kappa shape index (κ3) is 14.1. The van der Waals surface area contributed by atoms with Gasteiger partial charge in [0.05, 0.1) is 23.9 Å². The molecule has 14 heteroatoms. The minimum atomic E-state index is -4.41. The average molecular weight is 700 g/mol. The topological polar surface area (TPSA) is 121 Å². The Balaban J connectivity index is 1.58. The number of ether oxygens (including phenoxy) is 1. The highest BCUT2D eigenvalue weighted by Gasteiger charge is 2.27. The van der Waals surface area contributed by atoms with E-state index in [1.54, 1.807) is 59.8 Å². The van der Waals surface area contributed by atoms with Crippen molar-refractivity contribution in [3.63, 3.8) is 0 Å². The number of halogens is 4. The summed E-state index contributed by atoms with van der Waals surface area (Å²) in [4.78, 5) is 43.4. The zero-order chi connectivity index (χ0) is 35.9. The first kappa shape index (κ1) is 38.7. The van der Waals surface area contributed by atoms with Gasteiger partial charge in [0.1, 0.15) is 12.3 Å². The lowest BCUT2D eigenvalue weighted by molar-refractivity contribution is -0.132. The summed E-state index contributed by atoms with van der Waals surface area (Å²) in [6.07, 6.45) is 0.354. The van der Waals surface area contributed by atoms with Crippen LogP contribution in [0.15, 0.2) is 82.0 Å². The van der Waals surface area contributed by atoms with E-state index in [4.69, 9.17) is 16.3 Å². The number of aromatic nitrogens is 1. The van der Waals surface area contributed by atoms with E-state index in [1.807, 2.05) is 26.0 Å². The van der Waals surface area contributed by atoms with Crippen LogP contribution in [-0.4, -0.2) is 80.1 Å². The molecular weight excluding hydrogens is 659 g/mol. The Kier molecular flexibility index (Phi) is 14.7. The third-order valence-electron chi connectivity index (χ3n) is 7.22. The first-order valence-corrected chi connectivity index (χ1v) is 15.9. The molecule has 2 amide bonds. The van der Waals surface area contributed by atoms with E-state index in [2.05, 4.69) is 44.0 Å². The minimum absolute atomic E-state index is 0.0234. The van der Waals surface area contributed by atoms with Gasteiger partial charge in [-0.15, -0.1) is 0 Å². The molecule has 0 aliphatic heterocycles. The highest BCUT2D eigenvalue weighted by Crippen LogP contribution is 2.26. The van der Waals surface area contributed by atoms with E-state index < -0.39 is 18.1 Å². The number of hydrogen-bond acceptors (Lipinski definition) is 6. The van der Waals surface area contributed by atoms with Crippen molar-refractivity contribution in [2.45, 2.75) is 45.8 Å². The van der Waals surface area contributed by atoms with Crippen LogP contribution in [0.5, 0.6) is 5.75 Å². The Morgan fingerprint density at radius 1 is 0.980 bits per heavy atom.